The van der Waals surface area contributed by atoms with Crippen LogP contribution in [0.4, 0.5) is 4.39 Å². The average molecular weight is 247 g/mol. The maximum atomic E-state index is 12.6. The second-order valence-electron chi connectivity index (χ2n) is 3.59. The smallest absolute Gasteiger partial charge is 0.216 e. The second kappa shape index (κ2) is 5.38. The molecule has 90 valence electrons. The van der Waals surface area contributed by atoms with E-state index in [2.05, 4.69) is 4.72 Å². The number of hydrogen-bond donors (Lipinski definition) is 2. The van der Waals surface area contributed by atoms with E-state index in [4.69, 9.17) is 5.11 Å². The summed E-state index contributed by atoms with van der Waals surface area (Å²) in [6.07, 6.45) is 0. The van der Waals surface area contributed by atoms with Crippen LogP contribution in [0.1, 0.15) is 12.5 Å². The molecule has 6 heteroatoms. The van der Waals surface area contributed by atoms with Gasteiger partial charge >= 0.3 is 0 Å². The van der Waals surface area contributed by atoms with Gasteiger partial charge in [-0.25, -0.2) is 17.5 Å². The molecule has 0 saturated heterocycles. The van der Waals surface area contributed by atoms with Crippen LogP contribution in [0.5, 0.6) is 0 Å². The van der Waals surface area contributed by atoms with E-state index < -0.39 is 21.9 Å². The third-order valence-electron chi connectivity index (χ3n) is 1.92. The molecule has 0 aliphatic carbocycles. The molecule has 0 unspecified atom stereocenters. The normalized spacial score (nSPS) is 13.7. The highest BCUT2D eigenvalue weighted by Gasteiger charge is 2.14. The Morgan fingerprint density at radius 1 is 1.38 bits per heavy atom. The molecular weight excluding hydrogens is 233 g/mol. The topological polar surface area (TPSA) is 66.4 Å². The van der Waals surface area contributed by atoms with Crippen molar-refractivity contribution in [2.24, 2.45) is 0 Å². The van der Waals surface area contributed by atoms with E-state index in [0.717, 1.165) is 0 Å². The van der Waals surface area contributed by atoms with Crippen molar-refractivity contribution in [1.82, 2.24) is 4.72 Å². The fourth-order valence-electron chi connectivity index (χ4n) is 1.19. The fourth-order valence-corrected chi connectivity index (χ4v) is 2.59. The molecule has 0 spiro atoms. The highest BCUT2D eigenvalue weighted by atomic mass is 32.2. The van der Waals surface area contributed by atoms with Gasteiger partial charge in [-0.3, -0.25) is 0 Å². The van der Waals surface area contributed by atoms with Gasteiger partial charge in [-0.1, -0.05) is 12.1 Å². The predicted octanol–water partition coefficient (Wildman–Crippen LogP) is 0.626. The van der Waals surface area contributed by atoms with Crippen LogP contribution in [0, 0.1) is 5.82 Å². The summed E-state index contributed by atoms with van der Waals surface area (Å²) in [7, 11) is -3.49. The van der Waals surface area contributed by atoms with Crippen molar-refractivity contribution in [3.63, 3.8) is 0 Å². The van der Waals surface area contributed by atoms with Crippen molar-refractivity contribution in [3.8, 4) is 0 Å². The standard InChI is InChI=1S/C10H14FNO3S/c1-8(6-13)12-16(14,15)7-9-2-4-10(11)5-3-9/h2-5,8,12-13H,6-7H2,1H3/t8-/m1/s1. The molecule has 0 heterocycles. The van der Waals surface area contributed by atoms with Gasteiger partial charge in [0.2, 0.25) is 10.0 Å². The van der Waals surface area contributed by atoms with Gasteiger partial charge in [-0.2, -0.15) is 0 Å². The predicted molar refractivity (Wildman–Crippen MR) is 58.7 cm³/mol. The summed E-state index contributed by atoms with van der Waals surface area (Å²) in [5.41, 5.74) is 0.499. The average Bonchev–Trinajstić information content (AvgIpc) is 2.20. The minimum absolute atomic E-state index is 0.225. The Labute approximate surface area is 94.2 Å². The number of nitrogens with one attached hydrogen (secondary N) is 1. The molecule has 0 radical (unpaired) electrons. The van der Waals surface area contributed by atoms with E-state index >= 15 is 0 Å². The number of benzene rings is 1. The van der Waals surface area contributed by atoms with E-state index in [1.54, 1.807) is 6.92 Å². The summed E-state index contributed by atoms with van der Waals surface area (Å²) < 4.78 is 38.0. The molecular formula is C10H14FNO3S. The van der Waals surface area contributed by atoms with E-state index in [0.29, 0.717) is 5.56 Å². The van der Waals surface area contributed by atoms with E-state index in [9.17, 15) is 12.8 Å². The zero-order valence-electron chi connectivity index (χ0n) is 8.85. The number of halogens is 1. The molecule has 0 aromatic heterocycles. The molecule has 0 fully saturated rings. The van der Waals surface area contributed by atoms with Gasteiger partial charge < -0.3 is 5.11 Å². The highest BCUT2D eigenvalue weighted by Crippen LogP contribution is 2.07. The Hall–Kier alpha value is -0.980. The Morgan fingerprint density at radius 2 is 1.94 bits per heavy atom. The number of rotatable bonds is 5. The van der Waals surface area contributed by atoms with E-state index in [1.807, 2.05) is 0 Å². The van der Waals surface area contributed by atoms with Crippen LogP contribution < -0.4 is 4.72 Å². The minimum atomic E-state index is -3.49. The first-order valence-electron chi connectivity index (χ1n) is 4.78. The first kappa shape index (κ1) is 13.1. The Bertz CT molecular complexity index is 430. The number of sulfonamides is 1. The molecule has 0 bridgehead atoms. The van der Waals surface area contributed by atoms with Crippen LogP contribution in [0.2, 0.25) is 0 Å². The number of aliphatic hydroxyl groups is 1. The zero-order chi connectivity index (χ0) is 12.2. The molecule has 1 aromatic rings. The van der Waals surface area contributed by atoms with Gasteiger partial charge in [0, 0.05) is 6.04 Å². The zero-order valence-corrected chi connectivity index (χ0v) is 9.67. The lowest BCUT2D eigenvalue weighted by Crippen LogP contribution is -2.35. The van der Waals surface area contributed by atoms with Crippen molar-refractivity contribution in [3.05, 3.63) is 35.6 Å². The van der Waals surface area contributed by atoms with Crippen molar-refractivity contribution in [2.45, 2.75) is 18.7 Å². The fraction of sp³-hybridized carbons (Fsp3) is 0.400. The maximum Gasteiger partial charge on any atom is 0.216 e. The highest BCUT2D eigenvalue weighted by molar-refractivity contribution is 7.88. The number of aliphatic hydroxyl groups excluding tert-OH is 1. The molecule has 2 N–H and O–H groups in total. The van der Waals surface area contributed by atoms with Gasteiger partial charge in [-0.05, 0) is 24.6 Å². The van der Waals surface area contributed by atoms with Crippen molar-refractivity contribution in [2.75, 3.05) is 6.61 Å². The molecule has 16 heavy (non-hydrogen) atoms. The monoisotopic (exact) mass is 247 g/mol. The maximum absolute atomic E-state index is 12.6. The summed E-state index contributed by atoms with van der Waals surface area (Å²) in [5.74, 6) is -0.629. The third-order valence-corrected chi connectivity index (χ3v) is 3.40. The van der Waals surface area contributed by atoms with Crippen LogP contribution >= 0.6 is 0 Å². The van der Waals surface area contributed by atoms with Crippen LogP contribution in [0.3, 0.4) is 0 Å². The molecule has 1 aromatic carbocycles. The SMILES string of the molecule is C[C@H](CO)NS(=O)(=O)Cc1ccc(F)cc1. The van der Waals surface area contributed by atoms with E-state index in [-0.39, 0.29) is 12.4 Å². The van der Waals surface area contributed by atoms with Gasteiger partial charge in [-0.15, -0.1) is 0 Å². The third kappa shape index (κ3) is 4.26. The number of hydrogen-bond acceptors (Lipinski definition) is 3. The van der Waals surface area contributed by atoms with Gasteiger partial charge in [0.1, 0.15) is 5.82 Å². The van der Waals surface area contributed by atoms with Gasteiger partial charge in [0.15, 0.2) is 0 Å². The molecule has 0 saturated carbocycles. The molecule has 0 aliphatic heterocycles. The largest absolute Gasteiger partial charge is 0.395 e. The lowest BCUT2D eigenvalue weighted by molar-refractivity contribution is 0.265. The molecule has 0 amide bonds. The summed E-state index contributed by atoms with van der Waals surface area (Å²) >= 11 is 0. The van der Waals surface area contributed by atoms with Crippen LogP contribution in [-0.4, -0.2) is 26.2 Å². The second-order valence-corrected chi connectivity index (χ2v) is 5.34. The molecule has 0 aliphatic rings. The summed E-state index contributed by atoms with van der Waals surface area (Å²) in [6.45, 7) is 1.30. The van der Waals surface area contributed by atoms with Crippen molar-refractivity contribution < 1.29 is 17.9 Å². The molecule has 1 rings (SSSR count). The summed E-state index contributed by atoms with van der Waals surface area (Å²) in [5, 5.41) is 8.72. The Morgan fingerprint density at radius 3 is 2.44 bits per heavy atom. The summed E-state index contributed by atoms with van der Waals surface area (Å²) in [4.78, 5) is 0. The lowest BCUT2D eigenvalue weighted by atomic mass is 10.2. The Balaban J connectivity index is 2.69. The van der Waals surface area contributed by atoms with Crippen molar-refractivity contribution >= 4 is 10.0 Å². The Kier molecular flexibility index (Phi) is 4.40. The van der Waals surface area contributed by atoms with Gasteiger partial charge in [0.05, 0.1) is 12.4 Å². The van der Waals surface area contributed by atoms with Crippen LogP contribution in [-0.2, 0) is 15.8 Å². The first-order chi connectivity index (χ1) is 7.43. The van der Waals surface area contributed by atoms with E-state index in [1.165, 1.54) is 24.3 Å². The summed E-state index contributed by atoms with van der Waals surface area (Å²) in [6, 6.07) is 4.72. The molecule has 1 atom stereocenters. The minimum Gasteiger partial charge on any atom is -0.395 e. The lowest BCUT2D eigenvalue weighted by Gasteiger charge is -2.11. The molecule has 4 nitrogen and oxygen atoms in total. The quantitative estimate of drug-likeness (QED) is 0.802. The first-order valence-corrected chi connectivity index (χ1v) is 6.43. The van der Waals surface area contributed by atoms with Crippen LogP contribution in [0.15, 0.2) is 24.3 Å². The van der Waals surface area contributed by atoms with Gasteiger partial charge in [0.25, 0.3) is 0 Å². The van der Waals surface area contributed by atoms with Crippen molar-refractivity contribution in [1.29, 1.82) is 0 Å². The van der Waals surface area contributed by atoms with Crippen LogP contribution in [0.25, 0.3) is 0 Å².